The van der Waals surface area contributed by atoms with E-state index in [2.05, 4.69) is 60.1 Å². The third-order valence-corrected chi connectivity index (χ3v) is 6.63. The Morgan fingerprint density at radius 1 is 0.931 bits per heavy atom. The highest BCUT2D eigenvalue weighted by Gasteiger charge is 2.22. The molecule has 1 amide bonds. The molecule has 1 aliphatic heterocycles. The molecule has 4 rings (SSSR count). The summed E-state index contributed by atoms with van der Waals surface area (Å²) in [7, 11) is 0. The number of aryl methyl sites for hydroxylation is 2. The van der Waals surface area contributed by atoms with Gasteiger partial charge in [-0.3, -0.25) is 9.69 Å². The van der Waals surface area contributed by atoms with Gasteiger partial charge in [0, 0.05) is 31.1 Å². The number of piperazine rings is 1. The summed E-state index contributed by atoms with van der Waals surface area (Å²) in [6.07, 6.45) is 0.472. The van der Waals surface area contributed by atoms with Crippen LogP contribution in [0.3, 0.4) is 0 Å². The minimum Gasteiger partial charge on any atom is -0.340 e. The number of nitrogens with zero attached hydrogens (tertiary/aromatic N) is 3. The van der Waals surface area contributed by atoms with Gasteiger partial charge in [-0.05, 0) is 30.5 Å². The fourth-order valence-electron chi connectivity index (χ4n) is 3.69. The predicted octanol–water partition coefficient (Wildman–Crippen LogP) is 4.31. The molecule has 1 saturated heterocycles. The van der Waals surface area contributed by atoms with Crippen LogP contribution in [0, 0.1) is 13.8 Å². The standard InChI is InChI=1S/C24H27N3OS/c1-18-19(2)29-23(25-18)17-26-12-14-27(15-13-26)24(28)16-20-8-10-22(11-9-20)21-6-4-3-5-7-21/h3-11H,12-17H2,1-2H3. The number of thiazole rings is 1. The van der Waals surface area contributed by atoms with Crippen molar-refractivity contribution in [2.75, 3.05) is 26.2 Å². The van der Waals surface area contributed by atoms with Gasteiger partial charge in [-0.25, -0.2) is 4.98 Å². The van der Waals surface area contributed by atoms with E-state index in [9.17, 15) is 4.79 Å². The smallest absolute Gasteiger partial charge is 0.227 e. The van der Waals surface area contributed by atoms with Gasteiger partial charge in [0.25, 0.3) is 0 Å². The van der Waals surface area contributed by atoms with Gasteiger partial charge in [0.15, 0.2) is 0 Å². The Balaban J connectivity index is 1.28. The van der Waals surface area contributed by atoms with Crippen LogP contribution < -0.4 is 0 Å². The van der Waals surface area contributed by atoms with Gasteiger partial charge in [0.1, 0.15) is 5.01 Å². The van der Waals surface area contributed by atoms with E-state index < -0.39 is 0 Å². The van der Waals surface area contributed by atoms with Crippen molar-refractivity contribution < 1.29 is 4.79 Å². The van der Waals surface area contributed by atoms with Crippen LogP contribution in [0.15, 0.2) is 54.6 Å². The summed E-state index contributed by atoms with van der Waals surface area (Å²) in [5.74, 6) is 0.220. The first-order valence-corrected chi connectivity index (χ1v) is 11.0. The molecule has 4 nitrogen and oxygen atoms in total. The maximum atomic E-state index is 12.7. The molecule has 0 radical (unpaired) electrons. The molecule has 2 heterocycles. The average Bonchev–Trinajstić information content (AvgIpc) is 3.06. The molecule has 2 aromatic carbocycles. The lowest BCUT2D eigenvalue weighted by atomic mass is 10.0. The monoisotopic (exact) mass is 405 g/mol. The second kappa shape index (κ2) is 8.89. The van der Waals surface area contributed by atoms with E-state index in [1.54, 1.807) is 11.3 Å². The van der Waals surface area contributed by atoms with Gasteiger partial charge in [-0.2, -0.15) is 0 Å². The summed E-state index contributed by atoms with van der Waals surface area (Å²) < 4.78 is 0. The van der Waals surface area contributed by atoms with E-state index >= 15 is 0 Å². The Labute approximate surface area is 176 Å². The van der Waals surface area contributed by atoms with E-state index in [-0.39, 0.29) is 5.91 Å². The van der Waals surface area contributed by atoms with Crippen LogP contribution in [0.5, 0.6) is 0 Å². The van der Waals surface area contributed by atoms with Gasteiger partial charge < -0.3 is 4.90 Å². The van der Waals surface area contributed by atoms with E-state index in [4.69, 9.17) is 0 Å². The molecule has 0 saturated carbocycles. The quantitative estimate of drug-likeness (QED) is 0.635. The highest BCUT2D eigenvalue weighted by molar-refractivity contribution is 7.11. The fourth-order valence-corrected chi connectivity index (χ4v) is 4.66. The SMILES string of the molecule is Cc1nc(CN2CCN(C(=O)Cc3ccc(-c4ccccc4)cc3)CC2)sc1C. The van der Waals surface area contributed by atoms with Gasteiger partial charge >= 0.3 is 0 Å². The molecule has 1 aromatic heterocycles. The molecule has 29 heavy (non-hydrogen) atoms. The molecule has 0 unspecified atom stereocenters. The molecule has 0 N–H and O–H groups in total. The van der Waals surface area contributed by atoms with E-state index in [0.29, 0.717) is 6.42 Å². The van der Waals surface area contributed by atoms with E-state index in [1.165, 1.54) is 21.0 Å². The molecule has 1 fully saturated rings. The summed E-state index contributed by atoms with van der Waals surface area (Å²) in [5.41, 5.74) is 4.60. The van der Waals surface area contributed by atoms with Crippen molar-refractivity contribution in [2.45, 2.75) is 26.8 Å². The van der Waals surface area contributed by atoms with Crippen LogP contribution in [-0.2, 0) is 17.8 Å². The zero-order valence-corrected chi connectivity index (χ0v) is 17.9. The number of hydrogen-bond donors (Lipinski definition) is 0. The summed E-state index contributed by atoms with van der Waals surface area (Å²) >= 11 is 1.78. The third-order valence-electron chi connectivity index (χ3n) is 5.57. The van der Waals surface area contributed by atoms with Crippen LogP contribution in [0.1, 0.15) is 21.1 Å². The Morgan fingerprint density at radius 3 is 2.21 bits per heavy atom. The predicted molar refractivity (Wildman–Crippen MR) is 119 cm³/mol. The maximum Gasteiger partial charge on any atom is 0.227 e. The molecule has 3 aromatic rings. The molecule has 0 atom stereocenters. The summed E-state index contributed by atoms with van der Waals surface area (Å²) in [6, 6.07) is 18.7. The van der Waals surface area contributed by atoms with E-state index in [1.807, 2.05) is 23.1 Å². The molecule has 0 bridgehead atoms. The zero-order valence-electron chi connectivity index (χ0n) is 17.1. The molecule has 5 heteroatoms. The lowest BCUT2D eigenvalue weighted by Gasteiger charge is -2.34. The molecule has 0 aliphatic carbocycles. The van der Waals surface area contributed by atoms with Crippen LogP contribution in [0.25, 0.3) is 11.1 Å². The minimum absolute atomic E-state index is 0.220. The van der Waals surface area contributed by atoms with Crippen molar-refractivity contribution in [2.24, 2.45) is 0 Å². The fraction of sp³-hybridized carbons (Fsp3) is 0.333. The first-order chi connectivity index (χ1) is 14.1. The van der Waals surface area contributed by atoms with Crippen molar-refractivity contribution in [3.05, 3.63) is 75.7 Å². The number of carbonyl (C=O) groups excluding carboxylic acids is 1. The van der Waals surface area contributed by atoms with Crippen molar-refractivity contribution in [3.63, 3.8) is 0 Å². The van der Waals surface area contributed by atoms with Crippen LogP contribution in [-0.4, -0.2) is 46.9 Å². The first-order valence-electron chi connectivity index (χ1n) is 10.2. The number of aromatic nitrogens is 1. The maximum absolute atomic E-state index is 12.7. The van der Waals surface area contributed by atoms with Crippen LogP contribution in [0.2, 0.25) is 0 Å². The lowest BCUT2D eigenvalue weighted by molar-refractivity contribution is -0.132. The minimum atomic E-state index is 0.220. The van der Waals surface area contributed by atoms with Gasteiger partial charge in [0.05, 0.1) is 18.7 Å². The molecular weight excluding hydrogens is 378 g/mol. The number of hydrogen-bond acceptors (Lipinski definition) is 4. The number of carbonyl (C=O) groups is 1. The van der Waals surface area contributed by atoms with Crippen molar-refractivity contribution in [1.82, 2.24) is 14.8 Å². The number of amides is 1. The molecular formula is C24H27N3OS. The van der Waals surface area contributed by atoms with Crippen LogP contribution >= 0.6 is 11.3 Å². The zero-order chi connectivity index (χ0) is 20.2. The Bertz CT molecular complexity index is 938. The second-order valence-electron chi connectivity index (χ2n) is 7.65. The summed E-state index contributed by atoms with van der Waals surface area (Å²) in [5, 5.41) is 1.18. The number of benzene rings is 2. The first kappa shape index (κ1) is 19.8. The summed E-state index contributed by atoms with van der Waals surface area (Å²) in [6.45, 7) is 8.50. The van der Waals surface area contributed by atoms with Gasteiger partial charge in [0.2, 0.25) is 5.91 Å². The highest BCUT2D eigenvalue weighted by atomic mass is 32.1. The number of rotatable bonds is 5. The Kier molecular flexibility index (Phi) is 6.07. The normalized spacial score (nSPS) is 14.9. The summed E-state index contributed by atoms with van der Waals surface area (Å²) in [4.78, 5) is 23.1. The highest BCUT2D eigenvalue weighted by Crippen LogP contribution is 2.21. The Morgan fingerprint density at radius 2 is 1.59 bits per heavy atom. The largest absolute Gasteiger partial charge is 0.340 e. The molecule has 150 valence electrons. The lowest BCUT2D eigenvalue weighted by Crippen LogP contribution is -2.48. The third kappa shape index (κ3) is 4.92. The average molecular weight is 406 g/mol. The van der Waals surface area contributed by atoms with Crippen molar-refractivity contribution >= 4 is 17.2 Å². The van der Waals surface area contributed by atoms with Gasteiger partial charge in [-0.1, -0.05) is 54.6 Å². The van der Waals surface area contributed by atoms with E-state index in [0.717, 1.165) is 44.0 Å². The van der Waals surface area contributed by atoms with Crippen LogP contribution in [0.4, 0.5) is 0 Å². The second-order valence-corrected chi connectivity index (χ2v) is 8.93. The molecule has 0 spiro atoms. The topological polar surface area (TPSA) is 36.4 Å². The van der Waals surface area contributed by atoms with Gasteiger partial charge in [-0.15, -0.1) is 11.3 Å². The Hall–Kier alpha value is -2.50. The van der Waals surface area contributed by atoms with Crippen molar-refractivity contribution in [1.29, 1.82) is 0 Å². The van der Waals surface area contributed by atoms with Crippen molar-refractivity contribution in [3.8, 4) is 11.1 Å². The molecule has 1 aliphatic rings.